The minimum Gasteiger partial charge on any atom is -0.497 e. The molecule has 1 heterocycles. The molecule has 0 spiro atoms. The summed E-state index contributed by atoms with van der Waals surface area (Å²) in [6.45, 7) is 8.47. The number of hydrogen-bond donors (Lipinski definition) is 1. The van der Waals surface area contributed by atoms with Gasteiger partial charge in [-0.3, -0.25) is 4.79 Å². The molecule has 7 heteroatoms. The van der Waals surface area contributed by atoms with Crippen molar-refractivity contribution in [1.82, 2.24) is 9.62 Å². The second-order valence-electron chi connectivity index (χ2n) is 8.76. The van der Waals surface area contributed by atoms with Crippen molar-refractivity contribution < 1.29 is 17.9 Å². The normalized spacial score (nSPS) is 19.8. The van der Waals surface area contributed by atoms with Crippen molar-refractivity contribution in [2.24, 2.45) is 5.41 Å². The van der Waals surface area contributed by atoms with Crippen LogP contribution >= 0.6 is 0 Å². The van der Waals surface area contributed by atoms with Crippen LogP contribution in [0.2, 0.25) is 0 Å². The monoisotopic (exact) mass is 444 g/mol. The molecule has 31 heavy (non-hydrogen) atoms. The Labute approximate surface area is 185 Å². The number of nitrogens with one attached hydrogen (secondary N) is 1. The lowest BCUT2D eigenvalue weighted by Crippen LogP contribution is -2.51. The quantitative estimate of drug-likeness (QED) is 0.737. The number of benzene rings is 2. The zero-order chi connectivity index (χ0) is 22.8. The summed E-state index contributed by atoms with van der Waals surface area (Å²) in [6.07, 6.45) is 1.30. The molecule has 1 unspecified atom stereocenters. The van der Waals surface area contributed by atoms with Crippen molar-refractivity contribution in [3.63, 3.8) is 0 Å². The van der Waals surface area contributed by atoms with Crippen molar-refractivity contribution in [3.05, 3.63) is 58.7 Å². The molecule has 0 aliphatic carbocycles. The molecule has 0 saturated carbocycles. The molecule has 2 aromatic rings. The molecule has 0 aromatic heterocycles. The van der Waals surface area contributed by atoms with Gasteiger partial charge in [0.2, 0.25) is 15.9 Å². The second-order valence-corrected chi connectivity index (χ2v) is 10.6. The summed E-state index contributed by atoms with van der Waals surface area (Å²) in [5.41, 5.74) is 2.71. The van der Waals surface area contributed by atoms with E-state index in [4.69, 9.17) is 4.74 Å². The highest BCUT2D eigenvalue weighted by atomic mass is 32.2. The van der Waals surface area contributed by atoms with E-state index in [9.17, 15) is 13.2 Å². The number of nitrogens with zero attached hydrogens (tertiary/aromatic N) is 1. The van der Waals surface area contributed by atoms with Crippen molar-refractivity contribution >= 4 is 15.9 Å². The average molecular weight is 445 g/mol. The van der Waals surface area contributed by atoms with E-state index in [0.29, 0.717) is 30.8 Å². The molecule has 1 N–H and O–H groups in total. The first kappa shape index (κ1) is 23.3. The fourth-order valence-electron chi connectivity index (χ4n) is 4.43. The first-order valence-corrected chi connectivity index (χ1v) is 12.0. The van der Waals surface area contributed by atoms with Gasteiger partial charge in [0.25, 0.3) is 0 Å². The van der Waals surface area contributed by atoms with E-state index < -0.39 is 15.4 Å². The predicted molar refractivity (Wildman–Crippen MR) is 122 cm³/mol. The van der Waals surface area contributed by atoms with Crippen LogP contribution < -0.4 is 10.1 Å². The highest BCUT2D eigenvalue weighted by Crippen LogP contribution is 2.34. The lowest BCUT2D eigenvalue weighted by molar-refractivity contribution is -0.132. The third-order valence-electron chi connectivity index (χ3n) is 6.02. The van der Waals surface area contributed by atoms with Gasteiger partial charge in [-0.15, -0.1) is 0 Å². The van der Waals surface area contributed by atoms with Gasteiger partial charge in [0.1, 0.15) is 5.75 Å². The van der Waals surface area contributed by atoms with Crippen LogP contribution in [0, 0.1) is 26.2 Å². The van der Waals surface area contributed by atoms with Crippen LogP contribution in [0.25, 0.3) is 0 Å². The van der Waals surface area contributed by atoms with Gasteiger partial charge < -0.3 is 10.1 Å². The standard InChI is InChI=1S/C24H32N2O4S/c1-17-13-18(2)22(19(3)14-17)31(28,29)26-12-6-11-24(4,16-26)23(27)25-15-20-7-9-21(30-5)10-8-20/h7-10,13-14H,6,11-12,15-16H2,1-5H3,(H,25,27). The third kappa shape index (κ3) is 4.93. The van der Waals surface area contributed by atoms with Crippen LogP contribution in [0.3, 0.4) is 0 Å². The van der Waals surface area contributed by atoms with Crippen molar-refractivity contribution in [3.8, 4) is 5.75 Å². The Morgan fingerprint density at radius 2 is 1.74 bits per heavy atom. The molecular weight excluding hydrogens is 412 g/mol. The molecule has 2 aromatic carbocycles. The lowest BCUT2D eigenvalue weighted by Gasteiger charge is -2.39. The number of carbonyl (C=O) groups is 1. The SMILES string of the molecule is COc1ccc(CNC(=O)C2(C)CCCN(S(=O)(=O)c3c(C)cc(C)cc3C)C2)cc1. The Morgan fingerprint density at radius 1 is 1.13 bits per heavy atom. The van der Waals surface area contributed by atoms with E-state index in [1.54, 1.807) is 7.11 Å². The van der Waals surface area contributed by atoms with Gasteiger partial charge in [0.05, 0.1) is 17.4 Å². The maximum atomic E-state index is 13.5. The maximum absolute atomic E-state index is 13.5. The van der Waals surface area contributed by atoms with Gasteiger partial charge in [0.15, 0.2) is 0 Å². The summed E-state index contributed by atoms with van der Waals surface area (Å²) >= 11 is 0. The first-order valence-electron chi connectivity index (χ1n) is 10.6. The molecule has 1 aliphatic rings. The minimum atomic E-state index is -3.68. The van der Waals surface area contributed by atoms with Crippen LogP contribution in [0.4, 0.5) is 0 Å². The Kier molecular flexibility index (Phi) is 6.76. The molecule has 168 valence electrons. The zero-order valence-corrected chi connectivity index (χ0v) is 19.8. The summed E-state index contributed by atoms with van der Waals surface area (Å²) in [6, 6.07) is 11.3. The molecule has 6 nitrogen and oxygen atoms in total. The second kappa shape index (κ2) is 9.01. The van der Waals surface area contributed by atoms with Gasteiger partial charge in [-0.05, 0) is 69.4 Å². The first-order chi connectivity index (χ1) is 14.6. The number of carbonyl (C=O) groups excluding carboxylic acids is 1. The average Bonchev–Trinajstić information content (AvgIpc) is 2.71. The minimum absolute atomic E-state index is 0.124. The number of hydrogen-bond acceptors (Lipinski definition) is 4. The number of ether oxygens (including phenoxy) is 1. The highest BCUT2D eigenvalue weighted by molar-refractivity contribution is 7.89. The van der Waals surface area contributed by atoms with E-state index in [1.165, 1.54) is 4.31 Å². The maximum Gasteiger partial charge on any atom is 0.243 e. The van der Waals surface area contributed by atoms with Crippen LogP contribution in [-0.2, 0) is 21.4 Å². The number of aryl methyl sites for hydroxylation is 3. The number of methoxy groups -OCH3 is 1. The fourth-order valence-corrected chi connectivity index (χ4v) is 6.44. The molecule has 1 atom stereocenters. The zero-order valence-electron chi connectivity index (χ0n) is 19.0. The fraction of sp³-hybridized carbons (Fsp3) is 0.458. The Balaban J connectivity index is 1.75. The molecule has 1 amide bonds. The summed E-state index contributed by atoms with van der Waals surface area (Å²) < 4.78 is 33.6. The topological polar surface area (TPSA) is 75.7 Å². The van der Waals surface area contributed by atoms with E-state index >= 15 is 0 Å². The molecule has 0 bridgehead atoms. The molecule has 1 saturated heterocycles. The van der Waals surface area contributed by atoms with E-state index in [1.807, 2.05) is 64.1 Å². The highest BCUT2D eigenvalue weighted by Gasteiger charge is 2.42. The number of amides is 1. The van der Waals surface area contributed by atoms with Crippen LogP contribution in [-0.4, -0.2) is 38.8 Å². The van der Waals surface area contributed by atoms with Crippen LogP contribution in [0.15, 0.2) is 41.3 Å². The summed E-state index contributed by atoms with van der Waals surface area (Å²) in [7, 11) is -2.07. The Bertz CT molecular complexity index is 1040. The van der Waals surface area contributed by atoms with Crippen molar-refractivity contribution in [2.45, 2.75) is 52.0 Å². The smallest absolute Gasteiger partial charge is 0.243 e. The summed E-state index contributed by atoms with van der Waals surface area (Å²) in [4.78, 5) is 13.4. The molecule has 1 aliphatic heterocycles. The third-order valence-corrected chi connectivity index (χ3v) is 8.18. The molecule has 0 radical (unpaired) electrons. The van der Waals surface area contributed by atoms with E-state index in [-0.39, 0.29) is 12.5 Å². The Hall–Kier alpha value is -2.38. The van der Waals surface area contributed by atoms with Gasteiger partial charge in [0, 0.05) is 19.6 Å². The van der Waals surface area contributed by atoms with Gasteiger partial charge in [-0.25, -0.2) is 8.42 Å². The van der Waals surface area contributed by atoms with Crippen LogP contribution in [0.1, 0.15) is 42.0 Å². The molecule has 3 rings (SSSR count). The number of piperidine rings is 1. The molecular formula is C24H32N2O4S. The Morgan fingerprint density at radius 3 is 2.32 bits per heavy atom. The van der Waals surface area contributed by atoms with Crippen molar-refractivity contribution in [1.29, 1.82) is 0 Å². The predicted octanol–water partition coefficient (Wildman–Crippen LogP) is 3.73. The van der Waals surface area contributed by atoms with E-state index in [0.717, 1.165) is 28.0 Å². The van der Waals surface area contributed by atoms with Gasteiger partial charge >= 0.3 is 0 Å². The number of rotatable bonds is 6. The summed E-state index contributed by atoms with van der Waals surface area (Å²) in [5, 5.41) is 2.99. The number of sulfonamides is 1. The van der Waals surface area contributed by atoms with Crippen LogP contribution in [0.5, 0.6) is 5.75 Å². The van der Waals surface area contributed by atoms with Crippen molar-refractivity contribution in [2.75, 3.05) is 20.2 Å². The summed E-state index contributed by atoms with van der Waals surface area (Å²) in [5.74, 6) is 0.637. The largest absolute Gasteiger partial charge is 0.497 e. The van der Waals surface area contributed by atoms with E-state index in [2.05, 4.69) is 5.32 Å². The molecule has 1 fully saturated rings. The lowest BCUT2D eigenvalue weighted by atomic mass is 9.82. The van der Waals surface area contributed by atoms with Gasteiger partial charge in [-0.1, -0.05) is 29.8 Å². The van der Waals surface area contributed by atoms with Gasteiger partial charge in [-0.2, -0.15) is 4.31 Å².